The van der Waals surface area contributed by atoms with Crippen LogP contribution in [0.2, 0.25) is 0 Å². The Kier molecular flexibility index (Phi) is 6.70. The first kappa shape index (κ1) is 13.9. The number of hydrogen-bond donors (Lipinski definition) is 3. The first-order valence-electron chi connectivity index (χ1n) is 5.20. The van der Waals surface area contributed by atoms with Gasteiger partial charge in [0.2, 0.25) is 5.91 Å². The molecule has 0 spiro atoms. The average Bonchev–Trinajstić information content (AvgIpc) is 2.15. The molecule has 0 aliphatic heterocycles. The summed E-state index contributed by atoms with van der Waals surface area (Å²) in [6.45, 7) is 6.43. The summed E-state index contributed by atoms with van der Waals surface area (Å²) < 4.78 is 0. The third-order valence-electron chi connectivity index (χ3n) is 1.92. The van der Waals surface area contributed by atoms with Gasteiger partial charge in [-0.1, -0.05) is 20.8 Å². The fraction of sp³-hybridized carbons (Fsp3) is 0.800. The third kappa shape index (κ3) is 6.90. The molecule has 0 aliphatic carbocycles. The number of rotatable bonds is 7. The molecule has 3 N–H and O–H groups in total. The smallest absolute Gasteiger partial charge is 0.320 e. The second kappa shape index (κ2) is 7.23. The molecule has 0 aromatic carbocycles. The van der Waals surface area contributed by atoms with E-state index >= 15 is 0 Å². The molecule has 0 saturated heterocycles. The molecule has 0 heterocycles. The van der Waals surface area contributed by atoms with Gasteiger partial charge in [0.05, 0.1) is 6.54 Å². The highest BCUT2D eigenvalue weighted by atomic mass is 16.4. The van der Waals surface area contributed by atoms with E-state index in [0.29, 0.717) is 18.9 Å². The molecule has 0 aromatic rings. The molecule has 0 aliphatic rings. The van der Waals surface area contributed by atoms with Crippen LogP contribution in [0.25, 0.3) is 0 Å². The molecule has 0 aromatic heterocycles. The number of carboxylic acid groups (broad SMARTS) is 1. The van der Waals surface area contributed by atoms with Crippen LogP contribution in [0.3, 0.4) is 0 Å². The van der Waals surface area contributed by atoms with Crippen LogP contribution in [0.1, 0.15) is 27.2 Å². The highest BCUT2D eigenvalue weighted by molar-refractivity contribution is 5.79. The van der Waals surface area contributed by atoms with Crippen molar-refractivity contribution in [3.63, 3.8) is 0 Å². The topological polar surface area (TPSA) is 78.4 Å². The molecule has 5 nitrogen and oxygen atoms in total. The zero-order valence-corrected chi connectivity index (χ0v) is 9.54. The number of carboxylic acids is 1. The summed E-state index contributed by atoms with van der Waals surface area (Å²) in [5, 5.41) is 14.1. The van der Waals surface area contributed by atoms with Gasteiger partial charge < -0.3 is 10.4 Å². The normalized spacial score (nSPS) is 12.5. The van der Waals surface area contributed by atoms with Crippen molar-refractivity contribution in [2.75, 3.05) is 13.1 Å². The Bertz CT molecular complexity index is 217. The Morgan fingerprint density at radius 1 is 1.33 bits per heavy atom. The minimum absolute atomic E-state index is 0.0531. The van der Waals surface area contributed by atoms with E-state index in [9.17, 15) is 9.59 Å². The highest BCUT2D eigenvalue weighted by Crippen LogP contribution is 1.90. The van der Waals surface area contributed by atoms with Gasteiger partial charge >= 0.3 is 5.97 Å². The minimum atomic E-state index is -0.922. The molecule has 0 radical (unpaired) electrons. The van der Waals surface area contributed by atoms with Crippen molar-refractivity contribution in [3.8, 4) is 0 Å². The Morgan fingerprint density at radius 3 is 2.33 bits per heavy atom. The molecule has 1 unspecified atom stereocenters. The van der Waals surface area contributed by atoms with Crippen molar-refractivity contribution < 1.29 is 14.7 Å². The van der Waals surface area contributed by atoms with E-state index in [1.807, 2.05) is 13.8 Å². The molecule has 0 fully saturated rings. The number of carbonyl (C=O) groups is 2. The maximum atomic E-state index is 11.2. The molecular weight excluding hydrogens is 196 g/mol. The Labute approximate surface area is 90.2 Å². The van der Waals surface area contributed by atoms with Crippen molar-refractivity contribution in [2.45, 2.75) is 33.2 Å². The van der Waals surface area contributed by atoms with E-state index in [1.165, 1.54) is 0 Å². The molecule has 1 atom stereocenters. The summed E-state index contributed by atoms with van der Waals surface area (Å²) in [5.41, 5.74) is 0. The zero-order valence-electron chi connectivity index (χ0n) is 9.54. The van der Waals surface area contributed by atoms with Gasteiger partial charge in [-0.15, -0.1) is 0 Å². The van der Waals surface area contributed by atoms with Gasteiger partial charge in [0, 0.05) is 6.54 Å². The molecule has 15 heavy (non-hydrogen) atoms. The van der Waals surface area contributed by atoms with Gasteiger partial charge in [-0.3, -0.25) is 14.9 Å². The quantitative estimate of drug-likeness (QED) is 0.568. The van der Waals surface area contributed by atoms with Crippen molar-refractivity contribution in [2.24, 2.45) is 5.92 Å². The second-order valence-corrected chi connectivity index (χ2v) is 3.88. The van der Waals surface area contributed by atoms with Crippen LogP contribution in [0.5, 0.6) is 0 Å². The van der Waals surface area contributed by atoms with Crippen molar-refractivity contribution in [1.82, 2.24) is 10.6 Å². The molecule has 1 amide bonds. The van der Waals surface area contributed by atoms with E-state index < -0.39 is 12.0 Å². The SMILES string of the molecule is CCC(NCC(=O)NCC(C)C)C(=O)O. The van der Waals surface area contributed by atoms with Crippen LogP contribution in [0.15, 0.2) is 0 Å². The zero-order chi connectivity index (χ0) is 11.8. The summed E-state index contributed by atoms with van der Waals surface area (Å²) in [6, 6.07) is -0.644. The largest absolute Gasteiger partial charge is 0.480 e. The lowest BCUT2D eigenvalue weighted by Crippen LogP contribution is -2.43. The summed E-state index contributed by atoms with van der Waals surface area (Å²) in [7, 11) is 0. The average molecular weight is 216 g/mol. The van der Waals surface area contributed by atoms with Crippen molar-refractivity contribution in [3.05, 3.63) is 0 Å². The summed E-state index contributed by atoms with van der Waals surface area (Å²) in [6.07, 6.45) is 0.465. The van der Waals surface area contributed by atoms with Crippen LogP contribution in [-0.2, 0) is 9.59 Å². The van der Waals surface area contributed by atoms with Gasteiger partial charge in [-0.25, -0.2) is 0 Å². The number of aliphatic carboxylic acids is 1. The Morgan fingerprint density at radius 2 is 1.93 bits per heavy atom. The highest BCUT2D eigenvalue weighted by Gasteiger charge is 2.15. The first-order valence-corrected chi connectivity index (χ1v) is 5.20. The molecular formula is C10H20N2O3. The van der Waals surface area contributed by atoms with Crippen LogP contribution < -0.4 is 10.6 Å². The fourth-order valence-corrected chi connectivity index (χ4v) is 1.00. The summed E-state index contributed by atoms with van der Waals surface area (Å²) in [4.78, 5) is 21.8. The lowest BCUT2D eigenvalue weighted by Gasteiger charge is -2.12. The van der Waals surface area contributed by atoms with Gasteiger partial charge in [0.15, 0.2) is 0 Å². The number of carbonyl (C=O) groups excluding carboxylic acids is 1. The van der Waals surface area contributed by atoms with Crippen LogP contribution in [0.4, 0.5) is 0 Å². The monoisotopic (exact) mass is 216 g/mol. The van der Waals surface area contributed by atoms with Gasteiger partial charge in [-0.05, 0) is 12.3 Å². The summed E-state index contributed by atoms with van der Waals surface area (Å²) >= 11 is 0. The van der Waals surface area contributed by atoms with E-state index in [0.717, 1.165) is 0 Å². The summed E-state index contributed by atoms with van der Waals surface area (Å²) in [5.74, 6) is -0.687. The maximum Gasteiger partial charge on any atom is 0.320 e. The Hall–Kier alpha value is -1.10. The van der Waals surface area contributed by atoms with Gasteiger partial charge in [0.1, 0.15) is 6.04 Å². The number of nitrogens with one attached hydrogen (secondary N) is 2. The molecule has 88 valence electrons. The molecule has 0 saturated carbocycles. The van der Waals surface area contributed by atoms with E-state index in [-0.39, 0.29) is 12.5 Å². The second-order valence-electron chi connectivity index (χ2n) is 3.88. The molecule has 0 bridgehead atoms. The van der Waals surface area contributed by atoms with Crippen LogP contribution in [0, 0.1) is 5.92 Å². The Balaban J connectivity index is 3.74. The van der Waals surface area contributed by atoms with Gasteiger partial charge in [0.25, 0.3) is 0 Å². The predicted octanol–water partition coefficient (Wildman–Crippen LogP) is 0.211. The number of hydrogen-bond acceptors (Lipinski definition) is 3. The number of amides is 1. The molecule has 5 heteroatoms. The molecule has 0 rings (SSSR count). The minimum Gasteiger partial charge on any atom is -0.480 e. The van der Waals surface area contributed by atoms with Crippen molar-refractivity contribution in [1.29, 1.82) is 0 Å². The lowest BCUT2D eigenvalue weighted by atomic mass is 10.2. The lowest BCUT2D eigenvalue weighted by molar-refractivity contribution is -0.139. The third-order valence-corrected chi connectivity index (χ3v) is 1.92. The van der Waals surface area contributed by atoms with Crippen molar-refractivity contribution >= 4 is 11.9 Å². The van der Waals surface area contributed by atoms with E-state index in [4.69, 9.17) is 5.11 Å². The van der Waals surface area contributed by atoms with Crippen LogP contribution in [-0.4, -0.2) is 36.1 Å². The van der Waals surface area contributed by atoms with E-state index in [2.05, 4.69) is 10.6 Å². The first-order chi connectivity index (χ1) is 6.97. The van der Waals surface area contributed by atoms with Crippen LogP contribution >= 0.6 is 0 Å². The van der Waals surface area contributed by atoms with Gasteiger partial charge in [-0.2, -0.15) is 0 Å². The predicted molar refractivity (Wildman–Crippen MR) is 57.6 cm³/mol. The standard InChI is InChI=1S/C10H20N2O3/c1-4-8(10(14)15)11-6-9(13)12-5-7(2)3/h7-8,11H,4-6H2,1-3H3,(H,12,13)(H,14,15). The van der Waals surface area contributed by atoms with E-state index in [1.54, 1.807) is 6.92 Å². The fourth-order valence-electron chi connectivity index (χ4n) is 1.00. The maximum absolute atomic E-state index is 11.2.